The summed E-state index contributed by atoms with van der Waals surface area (Å²) in [4.78, 5) is 28.1. The minimum Gasteiger partial charge on any atom is -0.493 e. The van der Waals surface area contributed by atoms with E-state index in [4.69, 9.17) is 9.47 Å². The second-order valence-electron chi connectivity index (χ2n) is 5.50. The predicted octanol–water partition coefficient (Wildman–Crippen LogP) is 1.95. The van der Waals surface area contributed by atoms with E-state index < -0.39 is 0 Å². The predicted molar refractivity (Wildman–Crippen MR) is 91.5 cm³/mol. The molecule has 6 nitrogen and oxygen atoms in total. The summed E-state index contributed by atoms with van der Waals surface area (Å²) in [7, 11) is 3.10. The molecule has 2 amide bonds. The summed E-state index contributed by atoms with van der Waals surface area (Å²) >= 11 is 0. The lowest BCUT2D eigenvalue weighted by Crippen LogP contribution is -2.50. The van der Waals surface area contributed by atoms with Crippen LogP contribution in [0.4, 0.5) is 0 Å². The maximum absolute atomic E-state index is 12.6. The zero-order valence-corrected chi connectivity index (χ0v) is 14.4. The summed E-state index contributed by atoms with van der Waals surface area (Å²) in [6.07, 6.45) is 4.29. The van der Waals surface area contributed by atoms with E-state index in [-0.39, 0.29) is 11.8 Å². The number of benzene rings is 1. The van der Waals surface area contributed by atoms with E-state index in [2.05, 4.69) is 0 Å². The van der Waals surface area contributed by atoms with Gasteiger partial charge in [0.15, 0.2) is 11.5 Å². The molecule has 24 heavy (non-hydrogen) atoms. The molecule has 0 radical (unpaired) electrons. The van der Waals surface area contributed by atoms with Crippen LogP contribution in [0.2, 0.25) is 0 Å². The highest BCUT2D eigenvalue weighted by Crippen LogP contribution is 2.28. The number of rotatable bonds is 5. The topological polar surface area (TPSA) is 59.1 Å². The fraction of sp³-hybridized carbons (Fsp3) is 0.444. The van der Waals surface area contributed by atoms with Gasteiger partial charge in [0.2, 0.25) is 5.91 Å². The van der Waals surface area contributed by atoms with Crippen LogP contribution in [0.5, 0.6) is 11.5 Å². The highest BCUT2D eigenvalue weighted by molar-refractivity contribution is 5.95. The van der Waals surface area contributed by atoms with Crippen LogP contribution in [0.25, 0.3) is 0 Å². The first-order valence-corrected chi connectivity index (χ1v) is 8.07. The van der Waals surface area contributed by atoms with Crippen molar-refractivity contribution in [3.05, 3.63) is 35.9 Å². The Bertz CT molecular complexity index is 619. The van der Waals surface area contributed by atoms with Crippen molar-refractivity contribution in [3.8, 4) is 11.5 Å². The van der Waals surface area contributed by atoms with Crippen molar-refractivity contribution in [2.24, 2.45) is 0 Å². The lowest BCUT2D eigenvalue weighted by Gasteiger charge is -2.34. The number of allylic oxidation sites excluding steroid dienone is 1. The first kappa shape index (κ1) is 17.8. The van der Waals surface area contributed by atoms with E-state index in [0.29, 0.717) is 43.2 Å². The van der Waals surface area contributed by atoms with Crippen molar-refractivity contribution in [1.29, 1.82) is 0 Å². The summed E-state index contributed by atoms with van der Waals surface area (Å²) in [6, 6.07) is 5.13. The first-order valence-electron chi connectivity index (χ1n) is 8.07. The molecule has 1 fully saturated rings. The Morgan fingerprint density at radius 3 is 2.25 bits per heavy atom. The summed E-state index contributed by atoms with van der Waals surface area (Å²) in [6.45, 7) is 4.14. The van der Waals surface area contributed by atoms with Crippen LogP contribution in [-0.4, -0.2) is 62.0 Å². The van der Waals surface area contributed by atoms with Gasteiger partial charge in [0.05, 0.1) is 14.2 Å². The zero-order chi connectivity index (χ0) is 17.5. The highest BCUT2D eigenvalue weighted by atomic mass is 16.5. The molecule has 0 bridgehead atoms. The molecular formula is C18H24N2O4. The van der Waals surface area contributed by atoms with Gasteiger partial charge in [0, 0.05) is 31.7 Å². The van der Waals surface area contributed by atoms with Crippen LogP contribution < -0.4 is 9.47 Å². The fourth-order valence-electron chi connectivity index (χ4n) is 2.61. The number of carbonyl (C=O) groups excluding carboxylic acids is 2. The maximum Gasteiger partial charge on any atom is 0.254 e. The number of carbonyl (C=O) groups is 2. The zero-order valence-electron chi connectivity index (χ0n) is 14.4. The Morgan fingerprint density at radius 1 is 1.04 bits per heavy atom. The molecule has 0 saturated carbocycles. The van der Waals surface area contributed by atoms with Crippen molar-refractivity contribution >= 4 is 11.8 Å². The SMILES string of the molecule is CC/C=C/C(=O)N1CCN(C(=O)c2ccc(OC)c(OC)c2)CC1. The van der Waals surface area contributed by atoms with Gasteiger partial charge in [0.25, 0.3) is 5.91 Å². The average molecular weight is 332 g/mol. The van der Waals surface area contributed by atoms with Gasteiger partial charge in [-0.15, -0.1) is 0 Å². The van der Waals surface area contributed by atoms with Gasteiger partial charge in [-0.05, 0) is 30.7 Å². The van der Waals surface area contributed by atoms with E-state index in [1.165, 1.54) is 0 Å². The van der Waals surface area contributed by atoms with Crippen LogP contribution in [0.15, 0.2) is 30.4 Å². The molecule has 6 heteroatoms. The fourth-order valence-corrected chi connectivity index (χ4v) is 2.61. The van der Waals surface area contributed by atoms with Crippen LogP contribution in [0.1, 0.15) is 23.7 Å². The quantitative estimate of drug-likeness (QED) is 0.774. The van der Waals surface area contributed by atoms with Crippen molar-refractivity contribution in [2.75, 3.05) is 40.4 Å². The molecular weight excluding hydrogens is 308 g/mol. The van der Waals surface area contributed by atoms with Crippen LogP contribution in [-0.2, 0) is 4.79 Å². The lowest BCUT2D eigenvalue weighted by atomic mass is 10.1. The van der Waals surface area contributed by atoms with Crippen molar-refractivity contribution in [2.45, 2.75) is 13.3 Å². The van der Waals surface area contributed by atoms with Gasteiger partial charge in [-0.3, -0.25) is 9.59 Å². The number of amides is 2. The Labute approximate surface area is 142 Å². The molecule has 2 rings (SSSR count). The van der Waals surface area contributed by atoms with Crippen LogP contribution >= 0.6 is 0 Å². The minimum absolute atomic E-state index is 0.00932. The van der Waals surface area contributed by atoms with E-state index in [1.54, 1.807) is 48.3 Å². The second kappa shape index (κ2) is 8.38. The largest absolute Gasteiger partial charge is 0.493 e. The molecule has 1 heterocycles. The minimum atomic E-state index is -0.0628. The molecule has 0 aromatic heterocycles. The lowest BCUT2D eigenvalue weighted by molar-refractivity contribution is -0.127. The molecule has 1 aromatic carbocycles. The summed E-state index contributed by atoms with van der Waals surface area (Å²) in [5.74, 6) is 1.07. The third-order valence-electron chi connectivity index (χ3n) is 4.01. The number of nitrogens with zero attached hydrogens (tertiary/aromatic N) is 2. The second-order valence-corrected chi connectivity index (χ2v) is 5.50. The van der Waals surface area contributed by atoms with Gasteiger partial charge < -0.3 is 19.3 Å². The molecule has 0 N–H and O–H groups in total. The first-order chi connectivity index (χ1) is 11.6. The number of methoxy groups -OCH3 is 2. The summed E-state index contributed by atoms with van der Waals surface area (Å²) < 4.78 is 10.4. The number of hydrogen-bond acceptors (Lipinski definition) is 4. The molecule has 1 aliphatic rings. The van der Waals surface area contributed by atoms with Gasteiger partial charge >= 0.3 is 0 Å². The molecule has 1 aromatic rings. The van der Waals surface area contributed by atoms with E-state index in [1.807, 2.05) is 13.0 Å². The van der Waals surface area contributed by atoms with Crippen LogP contribution in [0, 0.1) is 0 Å². The number of ether oxygens (including phenoxy) is 2. The molecule has 0 atom stereocenters. The van der Waals surface area contributed by atoms with Crippen LogP contribution in [0.3, 0.4) is 0 Å². The van der Waals surface area contributed by atoms with Gasteiger partial charge in [0.1, 0.15) is 0 Å². The molecule has 1 saturated heterocycles. The Hall–Kier alpha value is -2.50. The molecule has 1 aliphatic heterocycles. The van der Waals surface area contributed by atoms with Crippen molar-refractivity contribution < 1.29 is 19.1 Å². The monoisotopic (exact) mass is 332 g/mol. The number of hydrogen-bond donors (Lipinski definition) is 0. The molecule has 0 spiro atoms. The third-order valence-corrected chi connectivity index (χ3v) is 4.01. The highest BCUT2D eigenvalue weighted by Gasteiger charge is 2.24. The Morgan fingerprint density at radius 2 is 1.67 bits per heavy atom. The van der Waals surface area contributed by atoms with Gasteiger partial charge in [-0.2, -0.15) is 0 Å². The van der Waals surface area contributed by atoms with E-state index in [0.717, 1.165) is 6.42 Å². The molecule has 0 aliphatic carbocycles. The summed E-state index contributed by atoms with van der Waals surface area (Å²) in [5, 5.41) is 0. The van der Waals surface area contributed by atoms with Gasteiger partial charge in [-0.1, -0.05) is 13.0 Å². The van der Waals surface area contributed by atoms with E-state index in [9.17, 15) is 9.59 Å². The standard InChI is InChI=1S/C18H24N2O4/c1-4-5-6-17(21)19-9-11-20(12-10-19)18(22)14-7-8-15(23-2)16(13-14)24-3/h5-8,13H,4,9-12H2,1-3H3/b6-5+. The molecule has 0 unspecified atom stereocenters. The Balaban J connectivity index is 2.00. The number of piperazine rings is 1. The Kier molecular flexibility index (Phi) is 6.23. The third kappa shape index (κ3) is 4.07. The van der Waals surface area contributed by atoms with Crippen molar-refractivity contribution in [1.82, 2.24) is 9.80 Å². The smallest absolute Gasteiger partial charge is 0.254 e. The molecule has 130 valence electrons. The normalized spacial score (nSPS) is 14.8. The maximum atomic E-state index is 12.6. The summed E-state index contributed by atoms with van der Waals surface area (Å²) in [5.41, 5.74) is 0.554. The average Bonchev–Trinajstić information content (AvgIpc) is 2.64. The van der Waals surface area contributed by atoms with Crippen molar-refractivity contribution in [3.63, 3.8) is 0 Å². The van der Waals surface area contributed by atoms with E-state index >= 15 is 0 Å². The van der Waals surface area contributed by atoms with Gasteiger partial charge in [-0.25, -0.2) is 0 Å².